The molecule has 0 spiro atoms. The highest BCUT2D eigenvalue weighted by Gasteiger charge is 2.29. The summed E-state index contributed by atoms with van der Waals surface area (Å²) in [7, 11) is 0. The monoisotopic (exact) mass is 352 g/mol. The lowest BCUT2D eigenvalue weighted by Crippen LogP contribution is -2.42. The van der Waals surface area contributed by atoms with Gasteiger partial charge in [-0.1, -0.05) is 35.0 Å². The topological polar surface area (TPSA) is 41.1 Å². The minimum atomic E-state index is 0.153. The summed E-state index contributed by atoms with van der Waals surface area (Å²) in [6.07, 6.45) is 3.91. The Bertz CT molecular complexity index is 454. The van der Waals surface area contributed by atoms with Crippen molar-refractivity contribution in [3.8, 4) is 0 Å². The molecule has 2 N–H and O–H groups in total. The van der Waals surface area contributed by atoms with Gasteiger partial charge in [0, 0.05) is 29.5 Å². The normalized spacial score (nSPS) is 22.4. The average Bonchev–Trinajstić information content (AvgIpc) is 2.42. The quantitative estimate of drug-likeness (QED) is 0.787. The molecular weight excluding hydrogens is 328 g/mol. The van der Waals surface area contributed by atoms with Crippen molar-refractivity contribution in [2.75, 3.05) is 6.54 Å². The molecule has 21 heavy (non-hydrogen) atoms. The van der Waals surface area contributed by atoms with Crippen molar-refractivity contribution in [1.29, 1.82) is 0 Å². The number of amides is 1. The van der Waals surface area contributed by atoms with Crippen molar-refractivity contribution in [3.63, 3.8) is 0 Å². The summed E-state index contributed by atoms with van der Waals surface area (Å²) in [6, 6.07) is 9.46. The first-order valence-corrected chi connectivity index (χ1v) is 8.66. The van der Waals surface area contributed by atoms with Crippen molar-refractivity contribution in [3.05, 3.63) is 34.3 Å². The van der Waals surface area contributed by atoms with E-state index in [2.05, 4.69) is 57.8 Å². The molecule has 1 aliphatic carbocycles. The third-order valence-corrected chi connectivity index (χ3v) is 4.81. The SMILES string of the molecule is CCC(C)NC(=O)CCNC1CC(c2ccc(Br)cc2)C1. The predicted molar refractivity (Wildman–Crippen MR) is 90.4 cm³/mol. The Kier molecular flexibility index (Phi) is 6.24. The molecule has 0 bridgehead atoms. The van der Waals surface area contributed by atoms with Crippen LogP contribution in [0.15, 0.2) is 28.7 Å². The van der Waals surface area contributed by atoms with Crippen LogP contribution in [0.1, 0.15) is 51.0 Å². The second kappa shape index (κ2) is 7.95. The fourth-order valence-electron chi connectivity index (χ4n) is 2.63. The molecule has 1 fully saturated rings. The van der Waals surface area contributed by atoms with E-state index >= 15 is 0 Å². The molecule has 1 atom stereocenters. The van der Waals surface area contributed by atoms with Gasteiger partial charge in [-0.25, -0.2) is 0 Å². The lowest BCUT2D eigenvalue weighted by molar-refractivity contribution is -0.121. The maximum Gasteiger partial charge on any atom is 0.221 e. The smallest absolute Gasteiger partial charge is 0.221 e. The van der Waals surface area contributed by atoms with E-state index in [1.807, 2.05) is 6.92 Å². The van der Waals surface area contributed by atoms with Gasteiger partial charge in [0.25, 0.3) is 0 Å². The standard InChI is InChI=1S/C17H25BrN2O/c1-3-12(2)20-17(21)8-9-19-16-10-14(11-16)13-4-6-15(18)7-5-13/h4-7,12,14,16,19H,3,8-11H2,1-2H3,(H,20,21). The molecule has 1 aliphatic rings. The summed E-state index contributed by atoms with van der Waals surface area (Å²) in [5.41, 5.74) is 1.42. The highest BCUT2D eigenvalue weighted by atomic mass is 79.9. The molecule has 1 amide bonds. The van der Waals surface area contributed by atoms with Crippen LogP contribution in [0.25, 0.3) is 0 Å². The van der Waals surface area contributed by atoms with Crippen LogP contribution in [0.2, 0.25) is 0 Å². The third kappa shape index (κ3) is 5.11. The van der Waals surface area contributed by atoms with E-state index in [-0.39, 0.29) is 11.9 Å². The lowest BCUT2D eigenvalue weighted by Gasteiger charge is -2.36. The second-order valence-electron chi connectivity index (χ2n) is 6.00. The molecule has 1 unspecified atom stereocenters. The minimum Gasteiger partial charge on any atom is -0.354 e. The number of halogens is 1. The first-order valence-electron chi connectivity index (χ1n) is 7.86. The van der Waals surface area contributed by atoms with Crippen molar-refractivity contribution in [2.45, 2.75) is 57.5 Å². The van der Waals surface area contributed by atoms with E-state index in [4.69, 9.17) is 0 Å². The molecule has 116 valence electrons. The fourth-order valence-corrected chi connectivity index (χ4v) is 2.89. The van der Waals surface area contributed by atoms with Crippen molar-refractivity contribution < 1.29 is 4.79 Å². The van der Waals surface area contributed by atoms with Gasteiger partial charge < -0.3 is 10.6 Å². The molecule has 3 nitrogen and oxygen atoms in total. The largest absolute Gasteiger partial charge is 0.354 e. The summed E-state index contributed by atoms with van der Waals surface area (Å²) < 4.78 is 1.13. The molecular formula is C17H25BrN2O. The van der Waals surface area contributed by atoms with Gasteiger partial charge in [0.15, 0.2) is 0 Å². The van der Waals surface area contributed by atoms with Crippen molar-refractivity contribution in [1.82, 2.24) is 10.6 Å². The number of carbonyl (C=O) groups is 1. The predicted octanol–water partition coefficient (Wildman–Crippen LogP) is 3.59. The van der Waals surface area contributed by atoms with Gasteiger partial charge >= 0.3 is 0 Å². The third-order valence-electron chi connectivity index (χ3n) is 4.28. The van der Waals surface area contributed by atoms with E-state index in [0.29, 0.717) is 18.4 Å². The van der Waals surface area contributed by atoms with Gasteiger partial charge in [-0.05, 0) is 49.8 Å². The van der Waals surface area contributed by atoms with E-state index in [1.165, 1.54) is 18.4 Å². The second-order valence-corrected chi connectivity index (χ2v) is 6.91. The number of carbonyl (C=O) groups excluding carboxylic acids is 1. The van der Waals surface area contributed by atoms with E-state index in [0.717, 1.165) is 17.4 Å². The van der Waals surface area contributed by atoms with E-state index < -0.39 is 0 Å². The number of hydrogen-bond donors (Lipinski definition) is 2. The minimum absolute atomic E-state index is 0.153. The highest BCUT2D eigenvalue weighted by molar-refractivity contribution is 9.10. The zero-order valence-electron chi connectivity index (χ0n) is 12.9. The molecule has 0 aliphatic heterocycles. The van der Waals surface area contributed by atoms with Crippen LogP contribution >= 0.6 is 15.9 Å². The van der Waals surface area contributed by atoms with Crippen molar-refractivity contribution in [2.24, 2.45) is 0 Å². The van der Waals surface area contributed by atoms with Crippen LogP contribution in [0, 0.1) is 0 Å². The number of rotatable bonds is 7. The van der Waals surface area contributed by atoms with Crippen LogP contribution in [-0.2, 0) is 4.79 Å². The molecule has 0 saturated heterocycles. The zero-order chi connectivity index (χ0) is 15.2. The maximum absolute atomic E-state index is 11.7. The number of nitrogens with one attached hydrogen (secondary N) is 2. The molecule has 0 heterocycles. The van der Waals surface area contributed by atoms with Crippen molar-refractivity contribution >= 4 is 21.8 Å². The summed E-state index contributed by atoms with van der Waals surface area (Å²) in [5.74, 6) is 0.824. The molecule has 2 rings (SSSR count). The Morgan fingerprint density at radius 1 is 1.33 bits per heavy atom. The summed E-state index contributed by atoms with van der Waals surface area (Å²) in [5, 5.41) is 6.48. The first kappa shape index (κ1) is 16.5. The molecule has 0 aromatic heterocycles. The zero-order valence-corrected chi connectivity index (χ0v) is 14.4. The number of benzene rings is 1. The van der Waals surface area contributed by atoms with Gasteiger partial charge in [0.2, 0.25) is 5.91 Å². The van der Waals surface area contributed by atoms with Crippen LogP contribution in [0.4, 0.5) is 0 Å². The van der Waals surface area contributed by atoms with Crippen LogP contribution in [0.5, 0.6) is 0 Å². The van der Waals surface area contributed by atoms with E-state index in [9.17, 15) is 4.79 Å². The molecule has 1 aromatic carbocycles. The summed E-state index contributed by atoms with van der Waals surface area (Å²) in [6.45, 7) is 4.90. The van der Waals surface area contributed by atoms with Gasteiger partial charge in [-0.15, -0.1) is 0 Å². The molecule has 0 radical (unpaired) electrons. The van der Waals surface area contributed by atoms with Crippen LogP contribution in [-0.4, -0.2) is 24.5 Å². The van der Waals surface area contributed by atoms with Crippen LogP contribution in [0.3, 0.4) is 0 Å². The van der Waals surface area contributed by atoms with Gasteiger partial charge in [-0.2, -0.15) is 0 Å². The Hall–Kier alpha value is -0.870. The summed E-state index contributed by atoms with van der Waals surface area (Å²) >= 11 is 3.47. The Morgan fingerprint density at radius 3 is 2.62 bits per heavy atom. The molecule has 1 saturated carbocycles. The fraction of sp³-hybridized carbons (Fsp3) is 0.588. The maximum atomic E-state index is 11.7. The Balaban J connectivity index is 1.60. The molecule has 1 aromatic rings. The number of hydrogen-bond acceptors (Lipinski definition) is 2. The Labute approximate surface area is 136 Å². The molecule has 4 heteroatoms. The summed E-state index contributed by atoms with van der Waals surface area (Å²) in [4.78, 5) is 11.7. The average molecular weight is 353 g/mol. The van der Waals surface area contributed by atoms with Gasteiger partial charge in [0.05, 0.1) is 0 Å². The Morgan fingerprint density at radius 2 is 2.00 bits per heavy atom. The highest BCUT2D eigenvalue weighted by Crippen LogP contribution is 2.37. The van der Waals surface area contributed by atoms with Gasteiger partial charge in [0.1, 0.15) is 0 Å². The first-order chi connectivity index (χ1) is 10.1. The van der Waals surface area contributed by atoms with Crippen LogP contribution < -0.4 is 10.6 Å². The van der Waals surface area contributed by atoms with E-state index in [1.54, 1.807) is 0 Å². The van der Waals surface area contributed by atoms with Gasteiger partial charge in [-0.3, -0.25) is 4.79 Å². The lowest BCUT2D eigenvalue weighted by atomic mass is 9.76.